The van der Waals surface area contributed by atoms with E-state index in [1.807, 2.05) is 6.07 Å². The predicted molar refractivity (Wildman–Crippen MR) is 67.1 cm³/mol. The molecule has 4 heteroatoms. The first kappa shape index (κ1) is 12.2. The second-order valence-corrected chi connectivity index (χ2v) is 4.87. The van der Waals surface area contributed by atoms with E-state index in [0.717, 1.165) is 31.1 Å². The van der Waals surface area contributed by atoms with E-state index < -0.39 is 0 Å². The van der Waals surface area contributed by atoms with Crippen LogP contribution < -0.4 is 5.32 Å². The fourth-order valence-electron chi connectivity index (χ4n) is 2.29. The van der Waals surface area contributed by atoms with Crippen LogP contribution in [0.3, 0.4) is 0 Å². The van der Waals surface area contributed by atoms with Crippen LogP contribution >= 0.6 is 0 Å². The summed E-state index contributed by atoms with van der Waals surface area (Å²) < 4.78 is 0. The van der Waals surface area contributed by atoms with Gasteiger partial charge >= 0.3 is 0 Å². The maximum atomic E-state index is 9.36. The van der Waals surface area contributed by atoms with Crippen LogP contribution in [0.1, 0.15) is 12.0 Å². The number of nitrogens with zero attached hydrogens (tertiary/aromatic N) is 1. The second-order valence-electron chi connectivity index (χ2n) is 4.87. The Kier molecular flexibility index (Phi) is 3.86. The summed E-state index contributed by atoms with van der Waals surface area (Å²) in [6.45, 7) is 4.08. The molecule has 0 aromatic heterocycles. The molecule has 0 amide bonds. The number of hydrogen-bond donors (Lipinski definition) is 3. The van der Waals surface area contributed by atoms with E-state index >= 15 is 0 Å². The molecule has 1 saturated heterocycles. The largest absolute Gasteiger partial charge is 0.504 e. The Hall–Kier alpha value is -1.26. The van der Waals surface area contributed by atoms with Crippen molar-refractivity contribution in [3.8, 4) is 11.5 Å². The number of hydrogen-bond acceptors (Lipinski definition) is 4. The number of nitrogens with one attached hydrogen (secondary N) is 1. The van der Waals surface area contributed by atoms with Gasteiger partial charge in [0.25, 0.3) is 0 Å². The highest BCUT2D eigenvalue weighted by Gasteiger charge is 2.18. The Morgan fingerprint density at radius 1 is 1.35 bits per heavy atom. The Morgan fingerprint density at radius 2 is 2.18 bits per heavy atom. The van der Waals surface area contributed by atoms with Crippen molar-refractivity contribution in [3.05, 3.63) is 23.8 Å². The lowest BCUT2D eigenvalue weighted by molar-refractivity contribution is 0.387. The van der Waals surface area contributed by atoms with E-state index in [9.17, 15) is 10.2 Å². The number of benzene rings is 1. The van der Waals surface area contributed by atoms with Crippen LogP contribution in [-0.4, -0.2) is 41.8 Å². The van der Waals surface area contributed by atoms with Crippen molar-refractivity contribution in [1.29, 1.82) is 0 Å². The van der Waals surface area contributed by atoms with Crippen LogP contribution in [0, 0.1) is 5.92 Å². The van der Waals surface area contributed by atoms with Crippen molar-refractivity contribution in [1.82, 2.24) is 10.2 Å². The molecule has 1 aliphatic heterocycles. The van der Waals surface area contributed by atoms with Gasteiger partial charge in [-0.1, -0.05) is 6.07 Å². The van der Waals surface area contributed by atoms with Crippen LogP contribution in [0.4, 0.5) is 0 Å². The summed E-state index contributed by atoms with van der Waals surface area (Å²) in [6.07, 6.45) is 1.25. The minimum absolute atomic E-state index is 0.0510. The molecule has 2 rings (SSSR count). The third kappa shape index (κ3) is 3.35. The minimum Gasteiger partial charge on any atom is -0.504 e. The summed E-state index contributed by atoms with van der Waals surface area (Å²) in [5, 5.41) is 21.9. The van der Waals surface area contributed by atoms with Crippen LogP contribution in [0.5, 0.6) is 11.5 Å². The average Bonchev–Trinajstić information content (AvgIpc) is 2.70. The molecule has 0 aliphatic carbocycles. The van der Waals surface area contributed by atoms with Gasteiger partial charge < -0.3 is 20.4 Å². The summed E-state index contributed by atoms with van der Waals surface area (Å²) in [5.41, 5.74) is 0.992. The topological polar surface area (TPSA) is 55.7 Å². The van der Waals surface area contributed by atoms with Crippen molar-refractivity contribution >= 4 is 0 Å². The van der Waals surface area contributed by atoms with Crippen molar-refractivity contribution < 1.29 is 10.2 Å². The van der Waals surface area contributed by atoms with E-state index in [4.69, 9.17) is 0 Å². The van der Waals surface area contributed by atoms with Crippen LogP contribution in [-0.2, 0) is 6.54 Å². The van der Waals surface area contributed by atoms with Crippen molar-refractivity contribution in [2.75, 3.05) is 26.7 Å². The molecule has 4 nitrogen and oxygen atoms in total. The standard InChI is InChI=1S/C13H20N2O2/c1-15-5-4-11(9-15)8-14-7-10-2-3-12(16)13(17)6-10/h2-3,6,11,14,16-17H,4-5,7-9H2,1H3. The van der Waals surface area contributed by atoms with E-state index in [0.29, 0.717) is 0 Å². The molecule has 1 aromatic rings. The maximum Gasteiger partial charge on any atom is 0.157 e. The zero-order chi connectivity index (χ0) is 12.3. The van der Waals surface area contributed by atoms with E-state index in [2.05, 4.69) is 17.3 Å². The second kappa shape index (κ2) is 5.38. The van der Waals surface area contributed by atoms with Gasteiger partial charge in [0.1, 0.15) is 0 Å². The average molecular weight is 236 g/mol. The molecular formula is C13H20N2O2. The molecule has 3 N–H and O–H groups in total. The van der Waals surface area contributed by atoms with Gasteiger partial charge in [-0.15, -0.1) is 0 Å². The number of phenolic OH excluding ortho intramolecular Hbond substituents is 2. The maximum absolute atomic E-state index is 9.36. The fourth-order valence-corrected chi connectivity index (χ4v) is 2.29. The lowest BCUT2D eigenvalue weighted by Crippen LogP contribution is -2.24. The molecule has 0 radical (unpaired) electrons. The van der Waals surface area contributed by atoms with Crippen molar-refractivity contribution in [3.63, 3.8) is 0 Å². The van der Waals surface area contributed by atoms with E-state index in [1.165, 1.54) is 19.0 Å². The van der Waals surface area contributed by atoms with Gasteiger partial charge in [-0.3, -0.25) is 0 Å². The number of rotatable bonds is 4. The molecule has 1 heterocycles. The van der Waals surface area contributed by atoms with Gasteiger partial charge in [-0.2, -0.15) is 0 Å². The summed E-state index contributed by atoms with van der Waals surface area (Å²) in [6, 6.07) is 4.95. The lowest BCUT2D eigenvalue weighted by Gasteiger charge is -2.12. The van der Waals surface area contributed by atoms with Crippen LogP contribution in [0.15, 0.2) is 18.2 Å². The number of likely N-dealkylation sites (tertiary alicyclic amines) is 1. The third-order valence-electron chi connectivity index (χ3n) is 3.29. The summed E-state index contributed by atoms with van der Waals surface area (Å²) in [7, 11) is 2.15. The molecule has 0 saturated carbocycles. The highest BCUT2D eigenvalue weighted by molar-refractivity contribution is 5.40. The minimum atomic E-state index is -0.0637. The normalized spacial score (nSPS) is 20.9. The Balaban J connectivity index is 1.76. The molecule has 1 unspecified atom stereocenters. The van der Waals surface area contributed by atoms with Crippen molar-refractivity contribution in [2.24, 2.45) is 5.92 Å². The number of phenols is 2. The van der Waals surface area contributed by atoms with Crippen molar-refractivity contribution in [2.45, 2.75) is 13.0 Å². The highest BCUT2D eigenvalue weighted by atomic mass is 16.3. The molecule has 1 fully saturated rings. The van der Waals surface area contributed by atoms with Gasteiger partial charge in [-0.05, 0) is 50.2 Å². The first-order valence-electron chi connectivity index (χ1n) is 6.05. The Bertz CT molecular complexity index is 382. The summed E-state index contributed by atoms with van der Waals surface area (Å²) >= 11 is 0. The highest BCUT2D eigenvalue weighted by Crippen LogP contribution is 2.24. The lowest BCUT2D eigenvalue weighted by atomic mass is 10.1. The molecule has 1 aromatic carbocycles. The third-order valence-corrected chi connectivity index (χ3v) is 3.29. The quantitative estimate of drug-likeness (QED) is 0.686. The van der Waals surface area contributed by atoms with Gasteiger partial charge in [-0.25, -0.2) is 0 Å². The molecule has 0 spiro atoms. The van der Waals surface area contributed by atoms with E-state index in [1.54, 1.807) is 6.07 Å². The van der Waals surface area contributed by atoms with E-state index in [-0.39, 0.29) is 11.5 Å². The Labute approximate surface area is 102 Å². The smallest absolute Gasteiger partial charge is 0.157 e. The first-order chi connectivity index (χ1) is 8.15. The SMILES string of the molecule is CN1CCC(CNCc2ccc(O)c(O)c2)C1. The van der Waals surface area contributed by atoms with Gasteiger partial charge in [0.05, 0.1) is 0 Å². The summed E-state index contributed by atoms with van der Waals surface area (Å²) in [4.78, 5) is 2.35. The number of aromatic hydroxyl groups is 2. The zero-order valence-electron chi connectivity index (χ0n) is 10.2. The van der Waals surface area contributed by atoms with Crippen LogP contribution in [0.2, 0.25) is 0 Å². The molecule has 1 aliphatic rings. The molecule has 1 atom stereocenters. The monoisotopic (exact) mass is 236 g/mol. The van der Waals surface area contributed by atoms with Crippen LogP contribution in [0.25, 0.3) is 0 Å². The molecular weight excluding hydrogens is 216 g/mol. The first-order valence-corrected chi connectivity index (χ1v) is 6.05. The van der Waals surface area contributed by atoms with Gasteiger partial charge in [0.2, 0.25) is 0 Å². The van der Waals surface area contributed by atoms with Gasteiger partial charge in [0, 0.05) is 13.1 Å². The fraction of sp³-hybridized carbons (Fsp3) is 0.538. The Morgan fingerprint density at radius 3 is 2.82 bits per heavy atom. The predicted octanol–water partition coefficient (Wildman–Crippen LogP) is 1.14. The molecule has 94 valence electrons. The zero-order valence-corrected chi connectivity index (χ0v) is 10.2. The molecule has 17 heavy (non-hydrogen) atoms. The summed E-state index contributed by atoms with van der Waals surface area (Å²) in [5.74, 6) is 0.613. The molecule has 0 bridgehead atoms. The van der Waals surface area contributed by atoms with Gasteiger partial charge in [0.15, 0.2) is 11.5 Å².